The molecule has 22 heavy (non-hydrogen) atoms. The molecule has 2 atom stereocenters. The lowest BCUT2D eigenvalue weighted by molar-refractivity contribution is 0.0912. The Morgan fingerprint density at radius 3 is 2.64 bits per heavy atom. The monoisotopic (exact) mass is 334 g/mol. The van der Waals surface area contributed by atoms with Crippen LogP contribution in [0.2, 0.25) is 0 Å². The maximum Gasteiger partial charge on any atom is 0.261 e. The number of aryl methyl sites for hydroxylation is 1. The highest BCUT2D eigenvalue weighted by Gasteiger charge is 2.30. The molecule has 0 spiro atoms. The number of amides is 1. The number of likely N-dealkylation sites (tertiary alicyclic amines) is 1. The van der Waals surface area contributed by atoms with Crippen LogP contribution in [0.25, 0.3) is 0 Å². The lowest BCUT2D eigenvalue weighted by Gasteiger charge is -2.32. The number of rotatable bonds is 5. The number of carbonyl (C=O) groups excluding carboxylic acids is 1. The Labute approximate surface area is 140 Å². The number of carbonyl (C=O) groups is 1. The summed E-state index contributed by atoms with van der Waals surface area (Å²) in [5.74, 6) is 0.0475. The maximum absolute atomic E-state index is 12.4. The van der Waals surface area contributed by atoms with E-state index in [2.05, 4.69) is 34.7 Å². The molecular weight excluding hydrogens is 312 g/mol. The number of thiophene rings is 2. The Morgan fingerprint density at radius 2 is 2.05 bits per heavy atom. The van der Waals surface area contributed by atoms with E-state index in [-0.39, 0.29) is 18.0 Å². The van der Waals surface area contributed by atoms with Crippen molar-refractivity contribution in [3.05, 3.63) is 44.3 Å². The van der Waals surface area contributed by atoms with E-state index in [9.17, 15) is 4.79 Å². The third-order valence-corrected chi connectivity index (χ3v) is 6.11. The van der Waals surface area contributed by atoms with Crippen LogP contribution in [0.1, 0.15) is 45.2 Å². The highest BCUT2D eigenvalue weighted by molar-refractivity contribution is 7.14. The molecule has 3 nitrogen and oxygen atoms in total. The fourth-order valence-corrected chi connectivity index (χ4v) is 4.87. The molecule has 0 saturated carbocycles. The van der Waals surface area contributed by atoms with Gasteiger partial charge in [-0.05, 0) is 63.4 Å². The maximum atomic E-state index is 12.4. The Hall–Kier alpha value is -1.17. The van der Waals surface area contributed by atoms with Gasteiger partial charge in [-0.3, -0.25) is 9.69 Å². The van der Waals surface area contributed by atoms with E-state index in [1.54, 1.807) is 22.7 Å². The first-order chi connectivity index (χ1) is 10.6. The summed E-state index contributed by atoms with van der Waals surface area (Å²) in [6, 6.07) is 8.59. The van der Waals surface area contributed by atoms with Gasteiger partial charge in [0.15, 0.2) is 0 Å². The average Bonchev–Trinajstić information content (AvgIpc) is 3.20. The molecule has 0 aliphatic carbocycles. The van der Waals surface area contributed by atoms with Crippen LogP contribution in [-0.2, 0) is 0 Å². The molecule has 3 heterocycles. The van der Waals surface area contributed by atoms with E-state index in [4.69, 9.17) is 0 Å². The molecule has 118 valence electrons. The van der Waals surface area contributed by atoms with Gasteiger partial charge >= 0.3 is 0 Å². The fraction of sp³-hybridized carbons (Fsp3) is 0.471. The van der Waals surface area contributed by atoms with Crippen LogP contribution in [0, 0.1) is 6.92 Å². The molecule has 1 saturated heterocycles. The number of nitrogens with zero attached hydrogens (tertiary/aromatic N) is 1. The van der Waals surface area contributed by atoms with Crippen molar-refractivity contribution in [3.63, 3.8) is 0 Å². The molecule has 0 bridgehead atoms. The van der Waals surface area contributed by atoms with Crippen LogP contribution in [0.5, 0.6) is 0 Å². The average molecular weight is 335 g/mol. The number of nitrogens with one attached hydrogen (secondary N) is 1. The topological polar surface area (TPSA) is 32.3 Å². The van der Waals surface area contributed by atoms with Gasteiger partial charge in [0.25, 0.3) is 5.91 Å². The van der Waals surface area contributed by atoms with E-state index < -0.39 is 0 Å². The molecule has 0 radical (unpaired) electrons. The normalized spacial score (nSPS) is 18.3. The zero-order valence-corrected chi connectivity index (χ0v) is 14.7. The van der Waals surface area contributed by atoms with E-state index >= 15 is 0 Å². The van der Waals surface area contributed by atoms with Crippen molar-refractivity contribution in [1.29, 1.82) is 0 Å². The van der Waals surface area contributed by atoms with Gasteiger partial charge in [-0.15, -0.1) is 22.7 Å². The van der Waals surface area contributed by atoms with Crippen molar-refractivity contribution in [1.82, 2.24) is 10.2 Å². The second-order valence-electron chi connectivity index (χ2n) is 5.88. The SMILES string of the molecule is Cc1ccc(C(=O)N[C@H](C)[C@H](c2cccs2)N2CCCC2)s1. The Morgan fingerprint density at radius 1 is 1.27 bits per heavy atom. The van der Waals surface area contributed by atoms with E-state index in [1.807, 2.05) is 19.1 Å². The van der Waals surface area contributed by atoms with Gasteiger partial charge in [0, 0.05) is 15.8 Å². The summed E-state index contributed by atoms with van der Waals surface area (Å²) < 4.78 is 0. The second kappa shape index (κ2) is 6.94. The van der Waals surface area contributed by atoms with Gasteiger partial charge in [-0.25, -0.2) is 0 Å². The Kier molecular flexibility index (Phi) is 4.96. The number of hydrogen-bond donors (Lipinski definition) is 1. The standard InChI is InChI=1S/C17H22N2OS2/c1-12-7-8-15(22-12)17(20)18-13(2)16(14-6-5-11-21-14)19-9-3-4-10-19/h5-8,11,13,16H,3-4,9-10H2,1-2H3,(H,18,20)/t13-,16-/m1/s1. The molecule has 1 aliphatic heterocycles. The summed E-state index contributed by atoms with van der Waals surface area (Å²) in [6.07, 6.45) is 2.51. The second-order valence-corrected chi connectivity index (χ2v) is 8.14. The van der Waals surface area contributed by atoms with Crippen molar-refractivity contribution in [2.75, 3.05) is 13.1 Å². The predicted molar refractivity (Wildman–Crippen MR) is 93.9 cm³/mol. The van der Waals surface area contributed by atoms with Crippen molar-refractivity contribution in [3.8, 4) is 0 Å². The summed E-state index contributed by atoms with van der Waals surface area (Å²) >= 11 is 3.34. The van der Waals surface area contributed by atoms with Gasteiger partial charge in [0.05, 0.1) is 10.9 Å². The van der Waals surface area contributed by atoms with Crippen molar-refractivity contribution in [2.45, 2.75) is 38.8 Å². The van der Waals surface area contributed by atoms with E-state index in [1.165, 1.54) is 22.6 Å². The van der Waals surface area contributed by atoms with Crippen molar-refractivity contribution < 1.29 is 4.79 Å². The predicted octanol–water partition coefficient (Wildman–Crippen LogP) is 4.07. The minimum Gasteiger partial charge on any atom is -0.347 e. The minimum absolute atomic E-state index is 0.0475. The molecule has 1 N–H and O–H groups in total. The first-order valence-electron chi connectivity index (χ1n) is 7.80. The summed E-state index contributed by atoms with van der Waals surface area (Å²) in [5.41, 5.74) is 0. The molecule has 0 aromatic carbocycles. The quantitative estimate of drug-likeness (QED) is 0.894. The molecule has 2 aromatic heterocycles. The molecule has 1 aliphatic rings. The van der Waals surface area contributed by atoms with Gasteiger partial charge in [0.1, 0.15) is 0 Å². The Bertz CT molecular complexity index is 614. The summed E-state index contributed by atoms with van der Waals surface area (Å²) in [4.78, 5) is 18.3. The van der Waals surface area contributed by atoms with Gasteiger partial charge in [0.2, 0.25) is 0 Å². The highest BCUT2D eigenvalue weighted by atomic mass is 32.1. The van der Waals surface area contributed by atoms with Crippen LogP contribution >= 0.6 is 22.7 Å². The first-order valence-corrected chi connectivity index (χ1v) is 9.49. The molecule has 2 aromatic rings. The summed E-state index contributed by atoms with van der Waals surface area (Å²) in [6.45, 7) is 6.41. The van der Waals surface area contributed by atoms with Gasteiger partial charge in [-0.2, -0.15) is 0 Å². The van der Waals surface area contributed by atoms with E-state index in [0.717, 1.165) is 18.0 Å². The van der Waals surface area contributed by atoms with Crippen LogP contribution < -0.4 is 5.32 Å². The first kappa shape index (κ1) is 15.7. The smallest absolute Gasteiger partial charge is 0.261 e. The lowest BCUT2D eigenvalue weighted by Crippen LogP contribution is -2.43. The van der Waals surface area contributed by atoms with Crippen LogP contribution in [0.15, 0.2) is 29.6 Å². The zero-order valence-electron chi connectivity index (χ0n) is 13.0. The molecule has 3 rings (SSSR count). The van der Waals surface area contributed by atoms with Gasteiger partial charge in [-0.1, -0.05) is 6.07 Å². The highest BCUT2D eigenvalue weighted by Crippen LogP contribution is 2.31. The van der Waals surface area contributed by atoms with Crippen molar-refractivity contribution >= 4 is 28.6 Å². The molecular formula is C17H22N2OS2. The molecule has 0 unspecified atom stereocenters. The van der Waals surface area contributed by atoms with Gasteiger partial charge < -0.3 is 5.32 Å². The van der Waals surface area contributed by atoms with Crippen LogP contribution in [-0.4, -0.2) is 29.9 Å². The lowest BCUT2D eigenvalue weighted by atomic mass is 10.1. The summed E-state index contributed by atoms with van der Waals surface area (Å²) in [5, 5.41) is 5.33. The van der Waals surface area contributed by atoms with Crippen LogP contribution in [0.4, 0.5) is 0 Å². The fourth-order valence-electron chi connectivity index (χ4n) is 3.14. The van der Waals surface area contributed by atoms with E-state index in [0.29, 0.717) is 0 Å². The molecule has 1 fully saturated rings. The zero-order chi connectivity index (χ0) is 15.5. The third-order valence-electron chi connectivity index (χ3n) is 4.17. The molecule has 5 heteroatoms. The van der Waals surface area contributed by atoms with Crippen molar-refractivity contribution in [2.24, 2.45) is 0 Å². The largest absolute Gasteiger partial charge is 0.347 e. The Balaban J connectivity index is 1.74. The third kappa shape index (κ3) is 3.42. The summed E-state index contributed by atoms with van der Waals surface area (Å²) in [7, 11) is 0. The van der Waals surface area contributed by atoms with Crippen LogP contribution in [0.3, 0.4) is 0 Å². The molecule has 1 amide bonds. The minimum atomic E-state index is 0.0475. The number of hydrogen-bond acceptors (Lipinski definition) is 4.